The Morgan fingerprint density at radius 3 is 2.76 bits per heavy atom. The van der Waals surface area contributed by atoms with Crippen LogP contribution in [0.5, 0.6) is 5.75 Å². The van der Waals surface area contributed by atoms with Crippen LogP contribution in [0.25, 0.3) is 0 Å². The van der Waals surface area contributed by atoms with Gasteiger partial charge in [0.2, 0.25) is 0 Å². The summed E-state index contributed by atoms with van der Waals surface area (Å²) in [5, 5.41) is 6.40. The average Bonchev–Trinajstić information content (AvgIpc) is 2.84. The normalized spacial score (nSPS) is 12.6. The summed E-state index contributed by atoms with van der Waals surface area (Å²) in [6.07, 6.45) is 0.820. The van der Waals surface area contributed by atoms with Crippen LogP contribution in [0.15, 0.2) is 29.6 Å². The Morgan fingerprint density at radius 2 is 2.10 bits per heavy atom. The van der Waals surface area contributed by atoms with Gasteiger partial charge >= 0.3 is 6.61 Å². The highest BCUT2D eigenvalue weighted by molar-refractivity contribution is 7.09. The topological polar surface area (TPSA) is 34.1 Å². The van der Waals surface area contributed by atoms with Crippen molar-refractivity contribution in [2.24, 2.45) is 0 Å². The minimum Gasteiger partial charge on any atom is -0.434 e. The smallest absolute Gasteiger partial charge is 0.387 e. The van der Waals surface area contributed by atoms with Crippen molar-refractivity contribution in [3.63, 3.8) is 0 Å². The molecule has 2 aromatic rings. The minimum absolute atomic E-state index is 0.0685. The predicted molar refractivity (Wildman–Crippen MR) is 80.0 cm³/mol. The number of hydrogen-bond acceptors (Lipinski definition) is 4. The first-order chi connectivity index (χ1) is 10.1. The van der Waals surface area contributed by atoms with Crippen LogP contribution in [0.2, 0.25) is 0 Å². The molecular formula is C15H18F2N2OS. The van der Waals surface area contributed by atoms with Gasteiger partial charge in [-0.05, 0) is 19.9 Å². The van der Waals surface area contributed by atoms with Crippen LogP contribution in [0.4, 0.5) is 8.78 Å². The number of nitrogens with zero attached hydrogens (tertiary/aromatic N) is 1. The number of thiazole rings is 1. The molecule has 1 atom stereocenters. The van der Waals surface area contributed by atoms with Crippen molar-refractivity contribution in [2.75, 3.05) is 6.54 Å². The van der Waals surface area contributed by atoms with Crippen molar-refractivity contribution in [1.29, 1.82) is 0 Å². The lowest BCUT2D eigenvalue weighted by Crippen LogP contribution is -2.22. The molecule has 0 spiro atoms. The van der Waals surface area contributed by atoms with E-state index in [0.717, 1.165) is 29.2 Å². The highest BCUT2D eigenvalue weighted by Gasteiger charge is 2.14. The van der Waals surface area contributed by atoms with Gasteiger partial charge in [-0.1, -0.05) is 18.2 Å². The number of halogens is 2. The summed E-state index contributed by atoms with van der Waals surface area (Å²) in [5.41, 5.74) is 1.76. The van der Waals surface area contributed by atoms with Crippen molar-refractivity contribution >= 4 is 11.3 Å². The van der Waals surface area contributed by atoms with Gasteiger partial charge in [-0.15, -0.1) is 11.3 Å². The van der Waals surface area contributed by atoms with Crippen LogP contribution in [0.3, 0.4) is 0 Å². The molecular weight excluding hydrogens is 294 g/mol. The fourth-order valence-electron chi connectivity index (χ4n) is 2.06. The van der Waals surface area contributed by atoms with Gasteiger partial charge in [0.25, 0.3) is 0 Å². The van der Waals surface area contributed by atoms with Crippen molar-refractivity contribution in [2.45, 2.75) is 32.9 Å². The highest BCUT2D eigenvalue weighted by atomic mass is 32.1. The first-order valence-corrected chi connectivity index (χ1v) is 7.62. The van der Waals surface area contributed by atoms with E-state index in [1.807, 2.05) is 25.3 Å². The molecule has 0 amide bonds. The summed E-state index contributed by atoms with van der Waals surface area (Å²) in [5.74, 6) is 0.220. The highest BCUT2D eigenvalue weighted by Crippen LogP contribution is 2.26. The maximum Gasteiger partial charge on any atom is 0.387 e. The van der Waals surface area contributed by atoms with E-state index in [1.54, 1.807) is 29.5 Å². The number of aryl methyl sites for hydroxylation is 1. The fourth-order valence-corrected chi connectivity index (χ4v) is 2.84. The summed E-state index contributed by atoms with van der Waals surface area (Å²) in [7, 11) is 0. The molecule has 1 aromatic carbocycles. The summed E-state index contributed by atoms with van der Waals surface area (Å²) >= 11 is 1.63. The maximum absolute atomic E-state index is 12.4. The second kappa shape index (κ2) is 7.47. The van der Waals surface area contributed by atoms with Crippen molar-refractivity contribution in [3.05, 3.63) is 45.9 Å². The second-order valence-electron chi connectivity index (χ2n) is 4.72. The maximum atomic E-state index is 12.4. The third kappa shape index (κ3) is 4.75. The summed E-state index contributed by atoms with van der Waals surface area (Å²) in [6, 6.07) is 6.79. The number of benzene rings is 1. The van der Waals surface area contributed by atoms with E-state index < -0.39 is 6.61 Å². The van der Waals surface area contributed by atoms with Crippen LogP contribution in [-0.2, 0) is 6.42 Å². The third-order valence-electron chi connectivity index (χ3n) is 3.06. The molecule has 114 valence electrons. The lowest BCUT2D eigenvalue weighted by molar-refractivity contribution is -0.0506. The van der Waals surface area contributed by atoms with Gasteiger partial charge < -0.3 is 10.1 Å². The number of nitrogens with one attached hydrogen (secondary N) is 1. The number of para-hydroxylation sites is 1. The Balaban J connectivity index is 1.92. The van der Waals surface area contributed by atoms with E-state index in [-0.39, 0.29) is 11.8 Å². The van der Waals surface area contributed by atoms with Gasteiger partial charge in [-0.2, -0.15) is 8.78 Å². The molecule has 1 unspecified atom stereocenters. The number of rotatable bonds is 7. The van der Waals surface area contributed by atoms with Crippen molar-refractivity contribution in [3.8, 4) is 5.75 Å². The minimum atomic E-state index is -2.81. The summed E-state index contributed by atoms with van der Waals surface area (Å²) in [6.45, 7) is 1.82. The molecule has 3 nitrogen and oxygen atoms in total. The molecule has 0 aliphatic heterocycles. The van der Waals surface area contributed by atoms with E-state index in [9.17, 15) is 8.78 Å². The van der Waals surface area contributed by atoms with Crippen LogP contribution >= 0.6 is 11.3 Å². The lowest BCUT2D eigenvalue weighted by atomic mass is 10.1. The largest absolute Gasteiger partial charge is 0.434 e. The van der Waals surface area contributed by atoms with Crippen LogP contribution < -0.4 is 10.1 Å². The Hall–Kier alpha value is -1.53. The van der Waals surface area contributed by atoms with Gasteiger partial charge in [0.1, 0.15) is 5.75 Å². The molecule has 1 aromatic heterocycles. The Bertz CT molecular complexity index is 574. The van der Waals surface area contributed by atoms with Gasteiger partial charge in [0.15, 0.2) is 0 Å². The summed E-state index contributed by atoms with van der Waals surface area (Å²) in [4.78, 5) is 4.39. The predicted octanol–water partition coefficient (Wildman–Crippen LogP) is 3.95. The molecule has 0 saturated heterocycles. The zero-order valence-corrected chi connectivity index (χ0v) is 12.8. The first kappa shape index (κ1) is 15.9. The molecule has 0 aliphatic carbocycles. The zero-order chi connectivity index (χ0) is 15.2. The van der Waals surface area contributed by atoms with Gasteiger partial charge in [0.05, 0.1) is 5.01 Å². The number of ether oxygens (including phenoxy) is 1. The average molecular weight is 312 g/mol. The SMILES string of the molecule is Cc1csc(CCNC(C)c2ccccc2OC(F)F)n1. The van der Waals surface area contributed by atoms with Crippen LogP contribution in [0.1, 0.15) is 29.2 Å². The molecule has 21 heavy (non-hydrogen) atoms. The molecule has 0 fully saturated rings. The third-order valence-corrected chi connectivity index (χ3v) is 4.08. The Kier molecular flexibility index (Phi) is 5.64. The number of aromatic nitrogens is 1. The lowest BCUT2D eigenvalue weighted by Gasteiger charge is -2.17. The van der Waals surface area contributed by atoms with Crippen molar-refractivity contribution < 1.29 is 13.5 Å². The van der Waals surface area contributed by atoms with Crippen LogP contribution in [-0.4, -0.2) is 18.1 Å². The number of hydrogen-bond donors (Lipinski definition) is 1. The van der Waals surface area contributed by atoms with E-state index in [1.165, 1.54) is 0 Å². The van der Waals surface area contributed by atoms with Crippen LogP contribution in [0, 0.1) is 6.92 Å². The molecule has 0 bridgehead atoms. The quantitative estimate of drug-likeness (QED) is 0.840. The van der Waals surface area contributed by atoms with E-state index >= 15 is 0 Å². The molecule has 0 radical (unpaired) electrons. The van der Waals surface area contributed by atoms with Crippen molar-refractivity contribution in [1.82, 2.24) is 10.3 Å². The standard InChI is InChI=1S/C15H18F2N2OS/c1-10-9-21-14(19-10)7-8-18-11(2)12-5-3-4-6-13(12)20-15(16)17/h3-6,9,11,15,18H,7-8H2,1-2H3. The Morgan fingerprint density at radius 1 is 1.33 bits per heavy atom. The Labute approximate surface area is 127 Å². The van der Waals surface area contributed by atoms with E-state index in [2.05, 4.69) is 15.0 Å². The molecule has 1 heterocycles. The van der Waals surface area contributed by atoms with Gasteiger partial charge in [0, 0.05) is 35.6 Å². The van der Waals surface area contributed by atoms with E-state index in [4.69, 9.17) is 0 Å². The van der Waals surface area contributed by atoms with Gasteiger partial charge in [-0.3, -0.25) is 0 Å². The molecule has 1 N–H and O–H groups in total. The number of alkyl halides is 2. The fraction of sp³-hybridized carbons (Fsp3) is 0.400. The molecule has 0 saturated carbocycles. The zero-order valence-electron chi connectivity index (χ0n) is 12.0. The van der Waals surface area contributed by atoms with E-state index in [0.29, 0.717) is 0 Å². The summed E-state index contributed by atoms with van der Waals surface area (Å²) < 4.78 is 29.3. The monoisotopic (exact) mass is 312 g/mol. The first-order valence-electron chi connectivity index (χ1n) is 6.74. The second-order valence-corrected chi connectivity index (χ2v) is 5.67. The molecule has 6 heteroatoms. The van der Waals surface area contributed by atoms with Gasteiger partial charge in [-0.25, -0.2) is 4.98 Å². The molecule has 0 aliphatic rings. The molecule has 2 rings (SSSR count).